The van der Waals surface area contributed by atoms with Crippen LogP contribution in [0.3, 0.4) is 0 Å². The summed E-state index contributed by atoms with van der Waals surface area (Å²) in [5.74, 6) is 0.738. The lowest BCUT2D eigenvalue weighted by Crippen LogP contribution is -2.37. The van der Waals surface area contributed by atoms with Crippen LogP contribution in [-0.4, -0.2) is 29.7 Å². The monoisotopic (exact) mass is 293 g/mol. The first-order chi connectivity index (χ1) is 10.0. The number of methoxy groups -OCH3 is 1. The van der Waals surface area contributed by atoms with Gasteiger partial charge in [0.25, 0.3) is 0 Å². The third-order valence-corrected chi connectivity index (χ3v) is 4.01. The number of carbonyl (C=O) groups is 1. The van der Waals surface area contributed by atoms with E-state index in [9.17, 15) is 4.79 Å². The molecule has 2 N–H and O–H groups in total. The molecule has 6 nitrogen and oxygen atoms in total. The number of esters is 1. The van der Waals surface area contributed by atoms with Gasteiger partial charge in [-0.05, 0) is 32.1 Å². The summed E-state index contributed by atoms with van der Waals surface area (Å²) in [6.45, 7) is 4.76. The van der Waals surface area contributed by atoms with E-state index in [4.69, 9.17) is 10.5 Å². The van der Waals surface area contributed by atoms with E-state index in [1.165, 1.54) is 19.7 Å². The standard InChI is InChI=1S/C15H23N3O3/c1-4-21-15(7-5-6-10(2)8-15)14-17-9-11(12(16)18-14)13(19)20-3/h9-10H,4-8H2,1-3H3,(H2,16,17,18). The maximum absolute atomic E-state index is 11.6. The van der Waals surface area contributed by atoms with E-state index in [0.717, 1.165) is 19.3 Å². The highest BCUT2D eigenvalue weighted by Gasteiger charge is 2.40. The molecular formula is C15H23N3O3. The van der Waals surface area contributed by atoms with Gasteiger partial charge in [0, 0.05) is 12.8 Å². The van der Waals surface area contributed by atoms with Crippen molar-refractivity contribution in [3.8, 4) is 0 Å². The van der Waals surface area contributed by atoms with Gasteiger partial charge in [-0.2, -0.15) is 0 Å². The van der Waals surface area contributed by atoms with E-state index >= 15 is 0 Å². The molecule has 0 aliphatic heterocycles. The summed E-state index contributed by atoms with van der Waals surface area (Å²) in [7, 11) is 1.31. The predicted octanol–water partition coefficient (Wildman–Crippen LogP) is 2.29. The zero-order valence-electron chi connectivity index (χ0n) is 12.9. The molecule has 0 saturated heterocycles. The van der Waals surface area contributed by atoms with Crippen LogP contribution in [0.1, 0.15) is 55.7 Å². The SMILES string of the molecule is CCOC1(c2ncc(C(=O)OC)c(N)n2)CCCC(C)C1. The number of rotatable bonds is 4. The highest BCUT2D eigenvalue weighted by Crippen LogP contribution is 2.41. The molecule has 21 heavy (non-hydrogen) atoms. The van der Waals surface area contributed by atoms with E-state index < -0.39 is 11.6 Å². The third kappa shape index (κ3) is 3.15. The van der Waals surface area contributed by atoms with Crippen molar-refractivity contribution < 1.29 is 14.3 Å². The third-order valence-electron chi connectivity index (χ3n) is 4.01. The van der Waals surface area contributed by atoms with Crippen LogP contribution in [0.15, 0.2) is 6.20 Å². The molecule has 1 aliphatic rings. The number of carbonyl (C=O) groups excluding carboxylic acids is 1. The van der Waals surface area contributed by atoms with E-state index in [0.29, 0.717) is 18.3 Å². The summed E-state index contributed by atoms with van der Waals surface area (Å²) in [6, 6.07) is 0. The molecule has 1 fully saturated rings. The number of hydrogen-bond donors (Lipinski definition) is 1. The Kier molecular flexibility index (Phi) is 4.77. The second-order valence-corrected chi connectivity index (χ2v) is 5.61. The van der Waals surface area contributed by atoms with Crippen LogP contribution in [0.4, 0.5) is 5.82 Å². The van der Waals surface area contributed by atoms with E-state index in [-0.39, 0.29) is 11.4 Å². The Hall–Kier alpha value is -1.69. The summed E-state index contributed by atoms with van der Waals surface area (Å²) >= 11 is 0. The molecule has 2 atom stereocenters. The molecule has 0 radical (unpaired) electrons. The van der Waals surface area contributed by atoms with Crippen molar-refractivity contribution in [2.24, 2.45) is 5.92 Å². The summed E-state index contributed by atoms with van der Waals surface area (Å²) in [6.07, 6.45) is 5.44. The Morgan fingerprint density at radius 3 is 2.90 bits per heavy atom. The van der Waals surface area contributed by atoms with Crippen LogP contribution in [0.2, 0.25) is 0 Å². The van der Waals surface area contributed by atoms with Gasteiger partial charge in [0.15, 0.2) is 5.82 Å². The first-order valence-corrected chi connectivity index (χ1v) is 7.37. The Labute approximate surface area is 125 Å². The summed E-state index contributed by atoms with van der Waals surface area (Å²) in [5, 5.41) is 0. The molecule has 116 valence electrons. The number of nitrogen functional groups attached to an aromatic ring is 1. The lowest BCUT2D eigenvalue weighted by Gasteiger charge is -2.38. The van der Waals surface area contributed by atoms with Crippen LogP contribution in [0.25, 0.3) is 0 Å². The number of anilines is 1. The molecule has 2 rings (SSSR count). The van der Waals surface area contributed by atoms with Gasteiger partial charge in [-0.15, -0.1) is 0 Å². The average Bonchev–Trinajstić information content (AvgIpc) is 2.46. The minimum atomic E-state index is -0.526. The Bertz CT molecular complexity index is 517. The van der Waals surface area contributed by atoms with Gasteiger partial charge in [0.1, 0.15) is 17.0 Å². The van der Waals surface area contributed by atoms with Crippen molar-refractivity contribution in [2.75, 3.05) is 19.5 Å². The highest BCUT2D eigenvalue weighted by molar-refractivity contribution is 5.93. The second kappa shape index (κ2) is 6.39. The minimum absolute atomic E-state index is 0.143. The molecule has 0 amide bonds. The molecular weight excluding hydrogens is 270 g/mol. The zero-order chi connectivity index (χ0) is 15.5. The lowest BCUT2D eigenvalue weighted by molar-refractivity contribution is -0.0880. The Morgan fingerprint density at radius 1 is 1.57 bits per heavy atom. The fraction of sp³-hybridized carbons (Fsp3) is 0.667. The minimum Gasteiger partial charge on any atom is -0.465 e. The van der Waals surface area contributed by atoms with Crippen LogP contribution in [0.5, 0.6) is 0 Å². The first kappa shape index (κ1) is 15.7. The van der Waals surface area contributed by atoms with Crippen LogP contribution in [-0.2, 0) is 15.1 Å². The Balaban J connectivity index is 2.37. The van der Waals surface area contributed by atoms with Gasteiger partial charge in [-0.3, -0.25) is 0 Å². The summed E-state index contributed by atoms with van der Waals surface area (Å²) in [5.41, 5.74) is 5.59. The highest BCUT2D eigenvalue weighted by atomic mass is 16.5. The van der Waals surface area contributed by atoms with Crippen molar-refractivity contribution in [2.45, 2.75) is 45.1 Å². The summed E-state index contributed by atoms with van der Waals surface area (Å²) in [4.78, 5) is 20.2. The normalized spacial score (nSPS) is 25.6. The Morgan fingerprint density at radius 2 is 2.33 bits per heavy atom. The lowest BCUT2D eigenvalue weighted by atomic mass is 9.78. The van der Waals surface area contributed by atoms with E-state index in [1.807, 2.05) is 6.92 Å². The van der Waals surface area contributed by atoms with Crippen LogP contribution >= 0.6 is 0 Å². The molecule has 2 unspecified atom stereocenters. The van der Waals surface area contributed by atoms with Gasteiger partial charge in [0.05, 0.1) is 7.11 Å². The van der Waals surface area contributed by atoms with Crippen molar-refractivity contribution in [1.29, 1.82) is 0 Å². The molecule has 0 spiro atoms. The zero-order valence-corrected chi connectivity index (χ0v) is 12.9. The molecule has 1 aromatic rings. The van der Waals surface area contributed by atoms with Crippen LogP contribution in [0, 0.1) is 5.92 Å². The van der Waals surface area contributed by atoms with Gasteiger partial charge in [0.2, 0.25) is 0 Å². The number of aromatic nitrogens is 2. The second-order valence-electron chi connectivity index (χ2n) is 5.61. The quantitative estimate of drug-likeness (QED) is 0.857. The molecule has 0 bridgehead atoms. The number of nitrogens with two attached hydrogens (primary N) is 1. The van der Waals surface area contributed by atoms with Crippen molar-refractivity contribution in [3.63, 3.8) is 0 Å². The number of ether oxygens (including phenoxy) is 2. The topological polar surface area (TPSA) is 87.3 Å². The molecule has 1 aliphatic carbocycles. The maximum Gasteiger partial charge on any atom is 0.343 e. The van der Waals surface area contributed by atoms with Crippen molar-refractivity contribution in [1.82, 2.24) is 9.97 Å². The summed E-state index contributed by atoms with van der Waals surface area (Å²) < 4.78 is 10.7. The fourth-order valence-electron chi connectivity index (χ4n) is 3.06. The molecule has 1 saturated carbocycles. The predicted molar refractivity (Wildman–Crippen MR) is 78.7 cm³/mol. The van der Waals surface area contributed by atoms with Crippen molar-refractivity contribution in [3.05, 3.63) is 17.6 Å². The van der Waals surface area contributed by atoms with E-state index in [1.54, 1.807) is 0 Å². The number of nitrogens with zero attached hydrogens (tertiary/aromatic N) is 2. The smallest absolute Gasteiger partial charge is 0.343 e. The first-order valence-electron chi connectivity index (χ1n) is 7.37. The van der Waals surface area contributed by atoms with Gasteiger partial charge < -0.3 is 15.2 Å². The number of hydrogen-bond acceptors (Lipinski definition) is 6. The van der Waals surface area contributed by atoms with Crippen molar-refractivity contribution >= 4 is 11.8 Å². The average molecular weight is 293 g/mol. The maximum atomic E-state index is 11.6. The van der Waals surface area contributed by atoms with Gasteiger partial charge in [-0.25, -0.2) is 14.8 Å². The molecule has 0 aromatic carbocycles. The van der Waals surface area contributed by atoms with Gasteiger partial charge >= 0.3 is 5.97 Å². The fourth-order valence-corrected chi connectivity index (χ4v) is 3.06. The van der Waals surface area contributed by atoms with Crippen LogP contribution < -0.4 is 5.73 Å². The molecule has 1 aromatic heterocycles. The largest absolute Gasteiger partial charge is 0.465 e. The van der Waals surface area contributed by atoms with E-state index in [2.05, 4.69) is 21.6 Å². The molecule has 1 heterocycles. The van der Waals surface area contributed by atoms with Gasteiger partial charge in [-0.1, -0.05) is 13.3 Å². The molecule has 6 heteroatoms.